The Morgan fingerprint density at radius 3 is 2.74 bits per heavy atom. The molecule has 0 aliphatic carbocycles. The zero-order valence-electron chi connectivity index (χ0n) is 12.7. The van der Waals surface area contributed by atoms with Crippen LogP contribution in [0.5, 0.6) is 0 Å². The van der Waals surface area contributed by atoms with Crippen molar-refractivity contribution in [1.82, 2.24) is 0 Å². The maximum atomic E-state index is 12.8. The number of anilines is 1. The maximum absolute atomic E-state index is 12.8. The molecule has 1 aliphatic rings. The van der Waals surface area contributed by atoms with Gasteiger partial charge in [0.05, 0.1) is 18.8 Å². The van der Waals surface area contributed by atoms with Gasteiger partial charge < -0.3 is 9.64 Å². The number of rotatable bonds is 6. The van der Waals surface area contributed by atoms with Gasteiger partial charge in [-0.05, 0) is 18.6 Å². The van der Waals surface area contributed by atoms with Crippen molar-refractivity contribution in [3.05, 3.63) is 29.8 Å². The van der Waals surface area contributed by atoms with Gasteiger partial charge in [-0.25, -0.2) is 0 Å². The first-order valence-corrected chi connectivity index (χ1v) is 8.81. The molecule has 2 rings (SSSR count). The van der Waals surface area contributed by atoms with Gasteiger partial charge in [-0.1, -0.05) is 18.2 Å². The molecule has 1 fully saturated rings. The molecule has 0 bridgehead atoms. The number of nitrogens with zero attached hydrogens (tertiary/aromatic N) is 1. The minimum Gasteiger partial charge on any atom is -0.466 e. The topological polar surface area (TPSA) is 80.8 Å². The van der Waals surface area contributed by atoms with E-state index in [2.05, 4.69) is 0 Å². The number of hydrogen-bond acceptors (Lipinski definition) is 5. The molecule has 0 spiro atoms. The Bertz CT molecular complexity index is 704. The number of amides is 1. The Morgan fingerprint density at radius 2 is 2.09 bits per heavy atom. The van der Waals surface area contributed by atoms with E-state index in [-0.39, 0.29) is 31.9 Å². The van der Waals surface area contributed by atoms with E-state index in [4.69, 9.17) is 4.74 Å². The number of carbonyl (C=O) groups is 2. The zero-order chi connectivity index (χ0) is 17.0. The van der Waals surface area contributed by atoms with E-state index in [0.29, 0.717) is 11.3 Å². The minimum absolute atomic E-state index is 0.0138. The predicted octanol–water partition coefficient (Wildman–Crippen LogP) is 1.44. The largest absolute Gasteiger partial charge is 0.466 e. The Hall–Kier alpha value is -1.96. The van der Waals surface area contributed by atoms with Crippen molar-refractivity contribution in [2.75, 3.05) is 23.8 Å². The van der Waals surface area contributed by atoms with Crippen LogP contribution in [0.15, 0.2) is 24.3 Å². The molecule has 1 heterocycles. The third-order valence-electron chi connectivity index (χ3n) is 3.56. The first kappa shape index (κ1) is 17.4. The Kier molecular flexibility index (Phi) is 5.35. The molecule has 1 amide bonds. The molecule has 1 saturated heterocycles. The fourth-order valence-corrected chi connectivity index (χ4v) is 3.49. The molecule has 1 aliphatic heterocycles. The van der Waals surface area contributed by atoms with Crippen molar-refractivity contribution in [1.29, 1.82) is 0 Å². The molecular weight excluding hydrogens is 325 g/mol. The van der Waals surface area contributed by atoms with Crippen LogP contribution < -0.4 is 4.90 Å². The van der Waals surface area contributed by atoms with Crippen molar-refractivity contribution in [2.24, 2.45) is 5.92 Å². The van der Waals surface area contributed by atoms with Crippen LogP contribution in [0.25, 0.3) is 0 Å². The number of esters is 1. The lowest BCUT2D eigenvalue weighted by molar-refractivity contribution is -0.142. The number of carbonyl (C=O) groups excluding carboxylic acids is 2. The quantitative estimate of drug-likeness (QED) is 0.577. The summed E-state index contributed by atoms with van der Waals surface area (Å²) in [4.78, 5) is 25.2. The van der Waals surface area contributed by atoms with Crippen molar-refractivity contribution in [2.45, 2.75) is 19.8 Å². The summed E-state index contributed by atoms with van der Waals surface area (Å²) in [6.45, 7) is 2.08. The van der Waals surface area contributed by atoms with Crippen LogP contribution in [-0.4, -0.2) is 39.2 Å². The third-order valence-corrected chi connectivity index (χ3v) is 4.43. The van der Waals surface area contributed by atoms with E-state index < -0.39 is 27.9 Å². The van der Waals surface area contributed by atoms with Crippen molar-refractivity contribution in [3.63, 3.8) is 0 Å². The second-order valence-electron chi connectivity index (χ2n) is 5.39. The molecule has 0 radical (unpaired) electrons. The number of hydrogen-bond donors (Lipinski definition) is 0. The molecule has 1 aromatic rings. The van der Waals surface area contributed by atoms with E-state index in [1.807, 2.05) is 0 Å². The summed E-state index contributed by atoms with van der Waals surface area (Å²) in [6.07, 6.45) is -0.0171. The van der Waals surface area contributed by atoms with Gasteiger partial charge in [0.25, 0.3) is 0 Å². The van der Waals surface area contributed by atoms with Gasteiger partial charge in [0.15, 0.2) is 0 Å². The lowest BCUT2D eigenvalue weighted by atomic mass is 10.1. The molecule has 0 N–H and O–H groups in total. The SMILES string of the molecule is CCOC(=O)Cc1ccccc1N1CC(CS(=O)(=O)F)CC1=O. The van der Waals surface area contributed by atoms with Gasteiger partial charge in [0.1, 0.15) is 0 Å². The van der Waals surface area contributed by atoms with Gasteiger partial charge in [-0.3, -0.25) is 9.59 Å². The summed E-state index contributed by atoms with van der Waals surface area (Å²) in [6, 6.07) is 6.84. The van der Waals surface area contributed by atoms with E-state index in [1.165, 1.54) is 4.90 Å². The Labute approximate surface area is 134 Å². The van der Waals surface area contributed by atoms with Crippen LogP contribution in [0.3, 0.4) is 0 Å². The summed E-state index contributed by atoms with van der Waals surface area (Å²) in [5, 5.41) is 0. The van der Waals surface area contributed by atoms with Gasteiger partial charge in [-0.2, -0.15) is 8.42 Å². The van der Waals surface area contributed by atoms with Crippen LogP contribution >= 0.6 is 0 Å². The third kappa shape index (κ3) is 4.75. The highest BCUT2D eigenvalue weighted by molar-refractivity contribution is 7.86. The lowest BCUT2D eigenvalue weighted by Gasteiger charge is -2.20. The molecule has 0 saturated carbocycles. The van der Waals surface area contributed by atoms with Gasteiger partial charge in [-0.15, -0.1) is 3.89 Å². The molecule has 1 unspecified atom stereocenters. The van der Waals surface area contributed by atoms with Gasteiger partial charge >= 0.3 is 16.2 Å². The fraction of sp³-hybridized carbons (Fsp3) is 0.467. The molecule has 6 nitrogen and oxygen atoms in total. The molecule has 8 heteroatoms. The summed E-state index contributed by atoms with van der Waals surface area (Å²) >= 11 is 0. The van der Waals surface area contributed by atoms with Gasteiger partial charge in [0, 0.05) is 24.6 Å². The van der Waals surface area contributed by atoms with Crippen LogP contribution in [-0.2, 0) is 31.0 Å². The van der Waals surface area contributed by atoms with E-state index in [9.17, 15) is 21.9 Å². The van der Waals surface area contributed by atoms with Crippen LogP contribution in [0, 0.1) is 5.92 Å². The summed E-state index contributed by atoms with van der Waals surface area (Å²) in [5.74, 6) is -1.95. The first-order chi connectivity index (χ1) is 10.8. The highest BCUT2D eigenvalue weighted by Gasteiger charge is 2.34. The predicted molar refractivity (Wildman–Crippen MR) is 82.1 cm³/mol. The van der Waals surface area contributed by atoms with Crippen LogP contribution in [0.1, 0.15) is 18.9 Å². The summed E-state index contributed by atoms with van der Waals surface area (Å²) in [7, 11) is -4.63. The standard InChI is InChI=1S/C15H18FNO5S/c1-2-22-15(19)8-12-5-3-4-6-13(12)17-9-11(7-14(17)18)10-23(16,20)21/h3-6,11H,2,7-10H2,1H3. The molecule has 23 heavy (non-hydrogen) atoms. The smallest absolute Gasteiger partial charge is 0.310 e. The van der Waals surface area contributed by atoms with E-state index >= 15 is 0 Å². The van der Waals surface area contributed by atoms with Crippen LogP contribution in [0.2, 0.25) is 0 Å². The van der Waals surface area contributed by atoms with E-state index in [1.54, 1.807) is 31.2 Å². The summed E-state index contributed by atoms with van der Waals surface area (Å²) in [5.41, 5.74) is 1.15. The monoisotopic (exact) mass is 343 g/mol. The number of ether oxygens (including phenoxy) is 1. The van der Waals surface area contributed by atoms with Crippen molar-refractivity contribution < 1.29 is 26.6 Å². The highest BCUT2D eigenvalue weighted by Crippen LogP contribution is 2.29. The second-order valence-corrected chi connectivity index (χ2v) is 6.80. The maximum Gasteiger partial charge on any atom is 0.310 e. The van der Waals surface area contributed by atoms with Crippen LogP contribution in [0.4, 0.5) is 9.57 Å². The lowest BCUT2D eigenvalue weighted by Crippen LogP contribution is -2.27. The number of para-hydroxylation sites is 1. The Morgan fingerprint density at radius 1 is 1.39 bits per heavy atom. The zero-order valence-corrected chi connectivity index (χ0v) is 13.5. The Balaban J connectivity index is 2.18. The summed E-state index contributed by atoms with van der Waals surface area (Å²) < 4.78 is 39.2. The second kappa shape index (κ2) is 7.08. The van der Waals surface area contributed by atoms with Crippen molar-refractivity contribution in [3.8, 4) is 0 Å². The van der Waals surface area contributed by atoms with Gasteiger partial charge in [0.2, 0.25) is 5.91 Å². The number of halogens is 1. The first-order valence-electron chi connectivity index (χ1n) is 7.26. The fourth-order valence-electron chi connectivity index (χ4n) is 2.70. The van der Waals surface area contributed by atoms with E-state index in [0.717, 1.165) is 0 Å². The number of benzene rings is 1. The molecule has 0 aromatic heterocycles. The average molecular weight is 343 g/mol. The normalized spacial score (nSPS) is 18.3. The molecular formula is C15H18FNO5S. The molecule has 126 valence electrons. The highest BCUT2D eigenvalue weighted by atomic mass is 32.3. The minimum atomic E-state index is -4.63. The molecule has 1 atom stereocenters. The average Bonchev–Trinajstić information content (AvgIpc) is 2.78. The molecule has 1 aromatic carbocycles. The van der Waals surface area contributed by atoms with Crippen molar-refractivity contribution >= 4 is 27.8 Å².